The molecule has 4 N–H and O–H groups in total. The molecule has 0 aliphatic rings. The summed E-state index contributed by atoms with van der Waals surface area (Å²) < 4.78 is 42.6. The van der Waals surface area contributed by atoms with Crippen LogP contribution < -0.4 is 5.73 Å². The average Bonchev–Trinajstić information content (AvgIpc) is 2.71. The minimum Gasteiger partial charge on any atom is -0.478 e. The number of halogens is 4. The summed E-state index contributed by atoms with van der Waals surface area (Å²) >= 11 is 5.67. The molecule has 0 spiro atoms. The first-order valence-electron chi connectivity index (χ1n) is 8.26. The third-order valence-corrected chi connectivity index (χ3v) is 4.71. The lowest BCUT2D eigenvalue weighted by atomic mass is 9.88. The Balaban J connectivity index is 2.34. The van der Waals surface area contributed by atoms with Crippen LogP contribution >= 0.6 is 11.6 Å². The number of nitrogens with two attached hydrogens (primary N) is 1. The van der Waals surface area contributed by atoms with Gasteiger partial charge in [-0.1, -0.05) is 41.9 Å². The lowest BCUT2D eigenvalue weighted by molar-refractivity contribution is 0.0688. The molecule has 0 aliphatic carbocycles. The summed E-state index contributed by atoms with van der Waals surface area (Å²) in [6.45, 7) is -0.430. The van der Waals surface area contributed by atoms with Gasteiger partial charge in [-0.05, 0) is 17.7 Å². The van der Waals surface area contributed by atoms with Crippen molar-refractivity contribution >= 4 is 17.6 Å². The van der Waals surface area contributed by atoms with Crippen LogP contribution in [0.5, 0.6) is 0 Å². The summed E-state index contributed by atoms with van der Waals surface area (Å²) in [6.07, 6.45) is 0. The molecular weight excluding hydrogens is 409 g/mol. The first-order chi connectivity index (χ1) is 13.7. The van der Waals surface area contributed by atoms with E-state index in [2.05, 4.69) is 4.98 Å². The molecule has 0 fully saturated rings. The Morgan fingerprint density at radius 1 is 1.10 bits per heavy atom. The molecule has 3 rings (SSSR count). The van der Waals surface area contributed by atoms with E-state index in [9.17, 15) is 28.2 Å². The molecule has 0 radical (unpaired) electrons. The Morgan fingerprint density at radius 3 is 2.34 bits per heavy atom. The van der Waals surface area contributed by atoms with E-state index in [0.29, 0.717) is 6.07 Å². The quantitative estimate of drug-likeness (QED) is 0.545. The van der Waals surface area contributed by atoms with Gasteiger partial charge in [0.15, 0.2) is 5.82 Å². The third-order valence-electron chi connectivity index (χ3n) is 4.42. The van der Waals surface area contributed by atoms with Crippen molar-refractivity contribution < 1.29 is 28.2 Å². The standard InChI is InChI=1S/C20H14ClF3N2O3/c21-13-6-11(14(22)8-15(13)23)18-17(24)12(19(27)28)7-16(26-18)20(29,9-25)10-4-2-1-3-5-10/h1-8,29H,9,25H2,(H,27,28)/t20-/m1/s1. The van der Waals surface area contributed by atoms with Crippen LogP contribution in [0.15, 0.2) is 48.5 Å². The van der Waals surface area contributed by atoms with E-state index in [4.69, 9.17) is 17.3 Å². The fourth-order valence-corrected chi connectivity index (χ4v) is 3.03. The molecule has 1 heterocycles. The van der Waals surface area contributed by atoms with Gasteiger partial charge in [0.25, 0.3) is 0 Å². The highest BCUT2D eigenvalue weighted by Gasteiger charge is 2.35. The van der Waals surface area contributed by atoms with Gasteiger partial charge in [0, 0.05) is 18.2 Å². The van der Waals surface area contributed by atoms with Gasteiger partial charge in [0.1, 0.15) is 22.9 Å². The summed E-state index contributed by atoms with van der Waals surface area (Å²) in [7, 11) is 0. The Labute approximate surface area is 168 Å². The molecule has 0 saturated heterocycles. The largest absolute Gasteiger partial charge is 0.478 e. The number of carboxylic acid groups (broad SMARTS) is 1. The molecule has 0 saturated carbocycles. The molecule has 0 bridgehead atoms. The second kappa shape index (κ2) is 7.82. The van der Waals surface area contributed by atoms with Gasteiger partial charge in [-0.3, -0.25) is 0 Å². The molecule has 0 unspecified atom stereocenters. The topological polar surface area (TPSA) is 96.4 Å². The predicted octanol–water partition coefficient (Wildman–Crippen LogP) is 3.71. The number of hydrogen-bond donors (Lipinski definition) is 3. The van der Waals surface area contributed by atoms with Crippen molar-refractivity contribution in [2.24, 2.45) is 5.73 Å². The summed E-state index contributed by atoms with van der Waals surface area (Å²) in [5, 5.41) is 20.0. The average molecular weight is 423 g/mol. The maximum Gasteiger partial charge on any atom is 0.338 e. The second-order valence-corrected chi connectivity index (χ2v) is 6.61. The van der Waals surface area contributed by atoms with Crippen molar-refractivity contribution in [3.05, 3.63) is 87.8 Å². The van der Waals surface area contributed by atoms with E-state index in [1.165, 1.54) is 12.1 Å². The number of carbonyl (C=O) groups is 1. The zero-order chi connectivity index (χ0) is 21.3. The number of carboxylic acids is 1. The Hall–Kier alpha value is -2.94. The maximum absolute atomic E-state index is 14.8. The normalized spacial score (nSPS) is 13.2. The van der Waals surface area contributed by atoms with Gasteiger partial charge in [-0.25, -0.2) is 22.9 Å². The SMILES string of the molecule is NC[C@@](O)(c1ccccc1)c1cc(C(=O)O)c(F)c(-c2cc(Cl)c(F)cc2F)n1. The highest BCUT2D eigenvalue weighted by Crippen LogP contribution is 2.34. The summed E-state index contributed by atoms with van der Waals surface area (Å²) in [6, 6.07) is 9.98. The highest BCUT2D eigenvalue weighted by atomic mass is 35.5. The molecular formula is C20H14ClF3N2O3. The van der Waals surface area contributed by atoms with Crippen LogP contribution in [-0.4, -0.2) is 27.7 Å². The van der Waals surface area contributed by atoms with Gasteiger partial charge >= 0.3 is 5.97 Å². The lowest BCUT2D eigenvalue weighted by Gasteiger charge is -2.27. The van der Waals surface area contributed by atoms with Gasteiger partial charge < -0.3 is 15.9 Å². The van der Waals surface area contributed by atoms with E-state index in [1.54, 1.807) is 18.2 Å². The summed E-state index contributed by atoms with van der Waals surface area (Å²) in [5.41, 5.74) is 1.50. The van der Waals surface area contributed by atoms with Gasteiger partial charge in [-0.15, -0.1) is 0 Å². The molecule has 0 amide bonds. The van der Waals surface area contributed by atoms with Gasteiger partial charge in [0.2, 0.25) is 0 Å². The fourth-order valence-electron chi connectivity index (χ4n) is 2.86. The molecule has 150 valence electrons. The zero-order valence-corrected chi connectivity index (χ0v) is 15.4. The minimum absolute atomic E-state index is 0.265. The first kappa shape index (κ1) is 20.8. The predicted molar refractivity (Wildman–Crippen MR) is 100 cm³/mol. The van der Waals surface area contributed by atoms with Crippen LogP contribution in [0.1, 0.15) is 21.6 Å². The van der Waals surface area contributed by atoms with E-state index in [-0.39, 0.29) is 11.3 Å². The van der Waals surface area contributed by atoms with Crippen molar-refractivity contribution in [3.8, 4) is 11.3 Å². The van der Waals surface area contributed by atoms with Crippen molar-refractivity contribution in [3.63, 3.8) is 0 Å². The number of benzene rings is 2. The molecule has 5 nitrogen and oxygen atoms in total. The number of hydrogen-bond acceptors (Lipinski definition) is 4. The van der Waals surface area contributed by atoms with Crippen LogP contribution in [0.3, 0.4) is 0 Å². The molecule has 1 atom stereocenters. The summed E-state index contributed by atoms with van der Waals surface area (Å²) in [5.74, 6) is -5.32. The minimum atomic E-state index is -1.99. The molecule has 2 aromatic carbocycles. The van der Waals surface area contributed by atoms with E-state index < -0.39 is 57.4 Å². The van der Waals surface area contributed by atoms with Crippen molar-refractivity contribution in [2.75, 3.05) is 6.54 Å². The van der Waals surface area contributed by atoms with Crippen LogP contribution in [0, 0.1) is 17.5 Å². The molecule has 1 aromatic heterocycles. The van der Waals surface area contributed by atoms with Crippen LogP contribution in [-0.2, 0) is 5.60 Å². The molecule has 29 heavy (non-hydrogen) atoms. The van der Waals surface area contributed by atoms with Gasteiger partial charge in [0.05, 0.1) is 16.3 Å². The smallest absolute Gasteiger partial charge is 0.338 e. The highest BCUT2D eigenvalue weighted by molar-refractivity contribution is 6.31. The monoisotopic (exact) mass is 422 g/mol. The Bertz CT molecular complexity index is 1100. The van der Waals surface area contributed by atoms with E-state index in [0.717, 1.165) is 12.1 Å². The Kier molecular flexibility index (Phi) is 5.61. The first-order valence-corrected chi connectivity index (χ1v) is 8.64. The maximum atomic E-state index is 14.8. The van der Waals surface area contributed by atoms with Crippen molar-refractivity contribution in [1.82, 2.24) is 4.98 Å². The number of pyridine rings is 1. The second-order valence-electron chi connectivity index (χ2n) is 6.20. The molecule has 0 aliphatic heterocycles. The number of aromatic carboxylic acids is 1. The fraction of sp³-hybridized carbons (Fsp3) is 0.100. The van der Waals surface area contributed by atoms with Gasteiger partial charge in [-0.2, -0.15) is 0 Å². The van der Waals surface area contributed by atoms with Crippen molar-refractivity contribution in [1.29, 1.82) is 0 Å². The third kappa shape index (κ3) is 3.69. The van der Waals surface area contributed by atoms with Crippen LogP contribution in [0.2, 0.25) is 5.02 Å². The van der Waals surface area contributed by atoms with Crippen molar-refractivity contribution in [2.45, 2.75) is 5.60 Å². The molecule has 9 heteroatoms. The van der Waals surface area contributed by atoms with E-state index >= 15 is 0 Å². The van der Waals surface area contributed by atoms with E-state index in [1.807, 2.05) is 0 Å². The number of aromatic nitrogens is 1. The Morgan fingerprint density at radius 2 is 1.76 bits per heavy atom. The zero-order valence-electron chi connectivity index (χ0n) is 14.7. The number of aliphatic hydroxyl groups is 1. The number of rotatable bonds is 5. The lowest BCUT2D eigenvalue weighted by Crippen LogP contribution is -2.37. The summed E-state index contributed by atoms with van der Waals surface area (Å²) in [4.78, 5) is 15.5. The molecule has 3 aromatic rings. The van der Waals surface area contributed by atoms with Crippen LogP contribution in [0.25, 0.3) is 11.3 Å². The van der Waals surface area contributed by atoms with Crippen LogP contribution in [0.4, 0.5) is 13.2 Å². The number of nitrogens with zero attached hydrogens (tertiary/aromatic N) is 1.